The van der Waals surface area contributed by atoms with E-state index in [4.69, 9.17) is 4.74 Å². The van der Waals surface area contributed by atoms with Crippen LogP contribution in [-0.2, 0) is 4.74 Å². The van der Waals surface area contributed by atoms with Crippen molar-refractivity contribution in [2.45, 2.75) is 59.0 Å². The fraction of sp³-hybridized carbons (Fsp3) is 0.714. The number of nitrogens with one attached hydrogen (secondary N) is 1. The summed E-state index contributed by atoms with van der Waals surface area (Å²) < 4.78 is 5.02. The van der Waals surface area contributed by atoms with Crippen molar-refractivity contribution in [3.8, 4) is 0 Å². The topological polar surface area (TPSA) is 54.5 Å². The molecule has 0 radical (unpaired) electrons. The van der Waals surface area contributed by atoms with Crippen LogP contribution >= 0.6 is 11.3 Å². The third-order valence-corrected chi connectivity index (χ3v) is 4.56. The van der Waals surface area contributed by atoms with Gasteiger partial charge in [0.1, 0.15) is 0 Å². The summed E-state index contributed by atoms with van der Waals surface area (Å²) in [6.45, 7) is 8.51. The lowest BCUT2D eigenvalue weighted by atomic mass is 10.00. The lowest BCUT2D eigenvalue weighted by Crippen LogP contribution is -2.47. The van der Waals surface area contributed by atoms with Crippen molar-refractivity contribution >= 4 is 22.4 Å². The van der Waals surface area contributed by atoms with Crippen molar-refractivity contribution in [2.75, 3.05) is 12.0 Å². The highest BCUT2D eigenvalue weighted by molar-refractivity contribution is 7.15. The average molecular weight is 297 g/mol. The van der Waals surface area contributed by atoms with Gasteiger partial charge in [-0.15, -0.1) is 11.3 Å². The maximum atomic E-state index is 11.8. The molecule has 0 bridgehead atoms. The summed E-state index contributed by atoms with van der Waals surface area (Å²) in [6, 6.07) is 0.961. The highest BCUT2D eigenvalue weighted by atomic mass is 32.1. The van der Waals surface area contributed by atoms with Crippen LogP contribution in [0.15, 0.2) is 0 Å². The molecule has 2 heterocycles. The highest BCUT2D eigenvalue weighted by Crippen LogP contribution is 2.27. The van der Waals surface area contributed by atoms with E-state index in [2.05, 4.69) is 29.3 Å². The van der Waals surface area contributed by atoms with Crippen LogP contribution in [0.2, 0.25) is 0 Å². The largest absolute Gasteiger partial charge is 0.461 e. The van der Waals surface area contributed by atoms with Crippen LogP contribution in [0.3, 0.4) is 0 Å². The Balaban J connectivity index is 2.10. The van der Waals surface area contributed by atoms with Crippen LogP contribution in [0.4, 0.5) is 5.13 Å². The van der Waals surface area contributed by atoms with E-state index in [9.17, 15) is 4.79 Å². The number of piperidine rings is 1. The number of carbonyl (C=O) groups is 1. The molecule has 20 heavy (non-hydrogen) atoms. The van der Waals surface area contributed by atoms with Crippen molar-refractivity contribution in [3.05, 3.63) is 10.6 Å². The summed E-state index contributed by atoms with van der Waals surface area (Å²) >= 11 is 1.50. The quantitative estimate of drug-likeness (QED) is 0.865. The Labute approximate surface area is 124 Å². The van der Waals surface area contributed by atoms with Gasteiger partial charge in [0.2, 0.25) is 0 Å². The first-order valence-corrected chi connectivity index (χ1v) is 8.04. The van der Waals surface area contributed by atoms with Gasteiger partial charge in [-0.2, -0.15) is 0 Å². The molecule has 0 amide bonds. The number of aryl methyl sites for hydroxylation is 1. The summed E-state index contributed by atoms with van der Waals surface area (Å²) in [5, 5.41) is 3.02. The first-order chi connectivity index (χ1) is 9.52. The number of aromatic nitrogens is 1. The van der Waals surface area contributed by atoms with Crippen LogP contribution in [0.25, 0.3) is 0 Å². The normalized spacial score (nSPS) is 23.6. The second-order valence-corrected chi connectivity index (χ2v) is 6.50. The summed E-state index contributed by atoms with van der Waals surface area (Å²) in [7, 11) is 0. The van der Waals surface area contributed by atoms with Gasteiger partial charge in [-0.1, -0.05) is 6.42 Å². The standard InChI is InChI=1S/C14H23N3O2S/c1-5-19-13(18)12-11(4)20-14(15-12)16-17-9(2)7-6-8-10(17)3/h9-10H,5-8H2,1-4H3,(H,15,16). The van der Waals surface area contributed by atoms with E-state index in [1.165, 1.54) is 30.6 Å². The third-order valence-electron chi connectivity index (χ3n) is 3.68. The fourth-order valence-corrected chi connectivity index (χ4v) is 3.39. The molecule has 1 aromatic heterocycles. The molecule has 6 heteroatoms. The van der Waals surface area contributed by atoms with Gasteiger partial charge in [0.25, 0.3) is 0 Å². The molecule has 1 fully saturated rings. The predicted octanol–water partition coefficient (Wildman–Crippen LogP) is 3.22. The van der Waals surface area contributed by atoms with Gasteiger partial charge in [-0.05, 0) is 40.5 Å². The smallest absolute Gasteiger partial charge is 0.358 e. The molecule has 0 aliphatic carbocycles. The van der Waals surface area contributed by atoms with E-state index in [1.807, 2.05) is 6.92 Å². The van der Waals surface area contributed by atoms with Crippen molar-refractivity contribution in [1.82, 2.24) is 9.99 Å². The zero-order valence-electron chi connectivity index (χ0n) is 12.6. The van der Waals surface area contributed by atoms with Gasteiger partial charge in [0, 0.05) is 17.0 Å². The van der Waals surface area contributed by atoms with Crippen molar-refractivity contribution in [1.29, 1.82) is 0 Å². The maximum absolute atomic E-state index is 11.8. The molecule has 1 saturated heterocycles. The number of hydrazine groups is 1. The van der Waals surface area contributed by atoms with E-state index in [-0.39, 0.29) is 5.97 Å². The molecule has 1 N–H and O–H groups in total. The number of hydrogen-bond donors (Lipinski definition) is 1. The Hall–Kier alpha value is -1.14. The predicted molar refractivity (Wildman–Crippen MR) is 81.0 cm³/mol. The molecular formula is C14H23N3O2S. The Morgan fingerprint density at radius 1 is 1.45 bits per heavy atom. The molecule has 112 valence electrons. The van der Waals surface area contributed by atoms with E-state index in [0.29, 0.717) is 24.4 Å². The second kappa shape index (κ2) is 6.54. The number of carbonyl (C=O) groups excluding carboxylic acids is 1. The zero-order chi connectivity index (χ0) is 14.7. The van der Waals surface area contributed by atoms with Crippen LogP contribution < -0.4 is 5.43 Å². The van der Waals surface area contributed by atoms with Gasteiger partial charge >= 0.3 is 5.97 Å². The minimum absolute atomic E-state index is 0.339. The fourth-order valence-electron chi connectivity index (χ4n) is 2.59. The number of rotatable bonds is 4. The molecule has 0 spiro atoms. The molecule has 5 nitrogen and oxygen atoms in total. The van der Waals surface area contributed by atoms with E-state index in [0.717, 1.165) is 10.0 Å². The molecule has 1 aliphatic rings. The number of hydrogen-bond acceptors (Lipinski definition) is 6. The lowest BCUT2D eigenvalue weighted by Gasteiger charge is -2.38. The number of esters is 1. The van der Waals surface area contributed by atoms with Gasteiger partial charge < -0.3 is 4.74 Å². The van der Waals surface area contributed by atoms with Crippen molar-refractivity contribution < 1.29 is 9.53 Å². The van der Waals surface area contributed by atoms with Crippen LogP contribution in [0.1, 0.15) is 55.4 Å². The van der Waals surface area contributed by atoms with Crippen LogP contribution in [0.5, 0.6) is 0 Å². The number of ether oxygens (including phenoxy) is 1. The number of nitrogens with zero attached hydrogens (tertiary/aromatic N) is 2. The Morgan fingerprint density at radius 3 is 2.70 bits per heavy atom. The summed E-state index contributed by atoms with van der Waals surface area (Å²) in [4.78, 5) is 17.1. The zero-order valence-corrected chi connectivity index (χ0v) is 13.4. The monoisotopic (exact) mass is 297 g/mol. The Kier molecular flexibility index (Phi) is 4.99. The van der Waals surface area contributed by atoms with Crippen LogP contribution in [-0.4, -0.2) is 34.7 Å². The molecule has 2 atom stereocenters. The minimum Gasteiger partial charge on any atom is -0.461 e. The Morgan fingerprint density at radius 2 is 2.10 bits per heavy atom. The molecule has 2 unspecified atom stereocenters. The summed E-state index contributed by atoms with van der Waals surface area (Å²) in [5.41, 5.74) is 3.80. The van der Waals surface area contributed by atoms with Gasteiger partial charge in [-0.3, -0.25) is 5.43 Å². The first kappa shape index (κ1) is 15.3. The SMILES string of the molecule is CCOC(=O)c1nc(NN2C(C)CCCC2C)sc1C. The third kappa shape index (κ3) is 3.30. The van der Waals surface area contributed by atoms with Gasteiger partial charge in [-0.25, -0.2) is 14.8 Å². The number of thiazole rings is 1. The molecular weight excluding hydrogens is 274 g/mol. The van der Waals surface area contributed by atoms with E-state index >= 15 is 0 Å². The first-order valence-electron chi connectivity index (χ1n) is 7.22. The molecule has 0 aromatic carbocycles. The second-order valence-electron chi connectivity index (χ2n) is 5.29. The maximum Gasteiger partial charge on any atom is 0.358 e. The minimum atomic E-state index is -0.339. The highest BCUT2D eigenvalue weighted by Gasteiger charge is 2.26. The number of anilines is 1. The molecule has 0 saturated carbocycles. The van der Waals surface area contributed by atoms with E-state index in [1.54, 1.807) is 6.92 Å². The Bertz CT molecular complexity index is 465. The average Bonchev–Trinajstić information content (AvgIpc) is 2.75. The molecule has 2 rings (SSSR count). The van der Waals surface area contributed by atoms with Crippen LogP contribution in [0, 0.1) is 6.92 Å². The summed E-state index contributed by atoms with van der Waals surface area (Å²) in [6.07, 6.45) is 3.64. The summed E-state index contributed by atoms with van der Waals surface area (Å²) in [5.74, 6) is -0.339. The van der Waals surface area contributed by atoms with E-state index < -0.39 is 0 Å². The van der Waals surface area contributed by atoms with Gasteiger partial charge in [0.15, 0.2) is 10.8 Å². The molecule has 1 aromatic rings. The van der Waals surface area contributed by atoms with Crippen molar-refractivity contribution in [3.63, 3.8) is 0 Å². The lowest BCUT2D eigenvalue weighted by molar-refractivity contribution is 0.0519. The van der Waals surface area contributed by atoms with Crippen molar-refractivity contribution in [2.24, 2.45) is 0 Å². The van der Waals surface area contributed by atoms with Gasteiger partial charge in [0.05, 0.1) is 6.61 Å². The molecule has 1 aliphatic heterocycles.